The maximum Gasteiger partial charge on any atom is 0.132 e. The number of nitrogens with zero attached hydrogens (tertiary/aromatic N) is 3. The average Bonchev–Trinajstić information content (AvgIpc) is 3.33. The second-order valence-electron chi connectivity index (χ2n) is 12.6. The lowest BCUT2D eigenvalue weighted by Gasteiger charge is -2.53. The molecule has 3 aromatic rings. The smallest absolute Gasteiger partial charge is 0.132 e. The third kappa shape index (κ3) is 3.86. The van der Waals surface area contributed by atoms with Gasteiger partial charge in [0.25, 0.3) is 0 Å². The zero-order chi connectivity index (χ0) is 25.1. The molecule has 3 aliphatic carbocycles. The molecule has 0 bridgehead atoms. The van der Waals surface area contributed by atoms with Crippen LogP contribution in [0.3, 0.4) is 0 Å². The van der Waals surface area contributed by atoms with Gasteiger partial charge in [-0.1, -0.05) is 79.9 Å². The molecule has 2 aliphatic heterocycles. The molecule has 4 nitrogen and oxygen atoms in total. The summed E-state index contributed by atoms with van der Waals surface area (Å²) in [6.45, 7) is 0. The standard InChI is InChI=1S/C34H39N3O/c1-3-10-22(11-4-1)27-21-28(23-12-5-2-6-13-23)36-34(35-27)24-18-19-29-26(20-24)25-14-9-17-32-33(25)37(29)30-15-7-8-16-31(30)38-32/h1-6,10-13,21,24-26,29-33H,7-9,14-20H2. The molecule has 8 rings (SSSR count). The van der Waals surface area contributed by atoms with E-state index in [4.69, 9.17) is 14.7 Å². The Morgan fingerprint density at radius 2 is 1.32 bits per heavy atom. The van der Waals surface area contributed by atoms with Gasteiger partial charge in [0.15, 0.2) is 0 Å². The van der Waals surface area contributed by atoms with E-state index in [2.05, 4.69) is 71.6 Å². The molecule has 1 aromatic heterocycles. The third-order valence-corrected chi connectivity index (χ3v) is 10.6. The van der Waals surface area contributed by atoms with Crippen molar-refractivity contribution in [3.8, 4) is 22.5 Å². The third-order valence-electron chi connectivity index (χ3n) is 10.6. The van der Waals surface area contributed by atoms with Crippen molar-refractivity contribution in [3.63, 3.8) is 0 Å². The molecule has 38 heavy (non-hydrogen) atoms. The molecular formula is C34H39N3O. The molecule has 8 atom stereocenters. The fourth-order valence-corrected chi connectivity index (χ4v) is 9.11. The zero-order valence-electron chi connectivity index (χ0n) is 22.3. The first-order valence-electron chi connectivity index (χ1n) is 15.3. The van der Waals surface area contributed by atoms with Crippen LogP contribution < -0.4 is 0 Å². The van der Waals surface area contributed by atoms with Crippen LogP contribution in [0.4, 0.5) is 0 Å². The SMILES string of the molecule is c1ccc(-c2cc(-c3ccccc3)nc(C3CCC4C(C3)C3CCCC5OC6CCCCC6N4C53)n2)cc1. The summed E-state index contributed by atoms with van der Waals surface area (Å²) >= 11 is 0. The van der Waals surface area contributed by atoms with Crippen LogP contribution in [0.2, 0.25) is 0 Å². The minimum atomic E-state index is 0.437. The highest BCUT2D eigenvalue weighted by atomic mass is 16.5. The molecule has 0 radical (unpaired) electrons. The van der Waals surface area contributed by atoms with Crippen molar-refractivity contribution in [2.75, 3.05) is 0 Å². The average molecular weight is 506 g/mol. The van der Waals surface area contributed by atoms with E-state index in [-0.39, 0.29) is 0 Å². The van der Waals surface area contributed by atoms with Crippen LogP contribution in [-0.2, 0) is 4.74 Å². The number of hydrogen-bond donors (Lipinski definition) is 0. The van der Waals surface area contributed by atoms with E-state index in [9.17, 15) is 0 Å². The topological polar surface area (TPSA) is 38.2 Å². The van der Waals surface area contributed by atoms with Gasteiger partial charge >= 0.3 is 0 Å². The van der Waals surface area contributed by atoms with E-state index in [1.54, 1.807) is 0 Å². The van der Waals surface area contributed by atoms with Gasteiger partial charge < -0.3 is 4.74 Å². The monoisotopic (exact) mass is 505 g/mol. The summed E-state index contributed by atoms with van der Waals surface area (Å²) in [5, 5.41) is 0. The highest BCUT2D eigenvalue weighted by Crippen LogP contribution is 2.56. The molecule has 0 amide bonds. The van der Waals surface area contributed by atoms with Crippen LogP contribution in [0.25, 0.3) is 22.5 Å². The zero-order valence-corrected chi connectivity index (χ0v) is 22.3. The summed E-state index contributed by atoms with van der Waals surface area (Å²) in [4.78, 5) is 13.6. The van der Waals surface area contributed by atoms with E-state index in [0.29, 0.717) is 30.2 Å². The molecule has 4 heteroatoms. The van der Waals surface area contributed by atoms with E-state index in [1.165, 1.54) is 75.3 Å². The van der Waals surface area contributed by atoms with Crippen molar-refractivity contribution in [1.29, 1.82) is 0 Å². The van der Waals surface area contributed by atoms with Crippen molar-refractivity contribution in [3.05, 3.63) is 72.6 Å². The van der Waals surface area contributed by atoms with Gasteiger partial charge in [0.05, 0.1) is 23.6 Å². The van der Waals surface area contributed by atoms with E-state index >= 15 is 0 Å². The molecule has 8 unspecified atom stereocenters. The summed E-state index contributed by atoms with van der Waals surface area (Å²) in [6, 6.07) is 25.6. The Labute approximate surface area is 226 Å². The quantitative estimate of drug-likeness (QED) is 0.376. The van der Waals surface area contributed by atoms with Crippen molar-refractivity contribution < 1.29 is 4.74 Å². The van der Waals surface area contributed by atoms with Crippen molar-refractivity contribution >= 4 is 0 Å². The molecule has 3 saturated carbocycles. The van der Waals surface area contributed by atoms with Gasteiger partial charge in [-0.05, 0) is 62.8 Å². The number of hydrogen-bond acceptors (Lipinski definition) is 4. The molecule has 5 aliphatic rings. The number of benzene rings is 2. The van der Waals surface area contributed by atoms with Gasteiger partial charge in [0, 0.05) is 35.2 Å². The van der Waals surface area contributed by atoms with E-state index in [1.807, 2.05) is 0 Å². The van der Waals surface area contributed by atoms with Crippen LogP contribution in [0.1, 0.15) is 76.0 Å². The normalized spacial score (nSPS) is 36.2. The lowest BCUT2D eigenvalue weighted by molar-refractivity contribution is -0.177. The van der Waals surface area contributed by atoms with Crippen molar-refractivity contribution in [2.24, 2.45) is 11.8 Å². The van der Waals surface area contributed by atoms with E-state index in [0.717, 1.165) is 35.1 Å². The summed E-state index contributed by atoms with van der Waals surface area (Å²) < 4.78 is 6.86. The fourth-order valence-electron chi connectivity index (χ4n) is 9.11. The molecule has 5 fully saturated rings. The molecule has 3 heterocycles. The van der Waals surface area contributed by atoms with Crippen LogP contribution in [-0.4, -0.2) is 45.2 Å². The van der Waals surface area contributed by atoms with Crippen LogP contribution in [0, 0.1) is 11.8 Å². The largest absolute Gasteiger partial charge is 0.372 e. The summed E-state index contributed by atoms with van der Waals surface area (Å²) in [5.41, 5.74) is 4.46. The molecular weight excluding hydrogens is 466 g/mol. The van der Waals surface area contributed by atoms with E-state index < -0.39 is 0 Å². The van der Waals surface area contributed by atoms with Gasteiger partial charge in [-0.3, -0.25) is 4.90 Å². The molecule has 0 spiro atoms. The predicted molar refractivity (Wildman–Crippen MR) is 151 cm³/mol. The minimum Gasteiger partial charge on any atom is -0.372 e. The Hall–Kier alpha value is -2.56. The van der Waals surface area contributed by atoms with Gasteiger partial charge in [-0.25, -0.2) is 9.97 Å². The summed E-state index contributed by atoms with van der Waals surface area (Å²) in [5.74, 6) is 3.05. The van der Waals surface area contributed by atoms with Crippen LogP contribution in [0.15, 0.2) is 66.7 Å². The van der Waals surface area contributed by atoms with Crippen molar-refractivity contribution in [2.45, 2.75) is 100 Å². The van der Waals surface area contributed by atoms with Gasteiger partial charge in [-0.15, -0.1) is 0 Å². The molecule has 0 N–H and O–H groups in total. The van der Waals surface area contributed by atoms with Gasteiger partial charge in [0.2, 0.25) is 0 Å². The lowest BCUT2D eigenvalue weighted by Crippen LogP contribution is -2.63. The number of morpholine rings is 1. The Bertz CT molecular complexity index is 1220. The Morgan fingerprint density at radius 1 is 0.632 bits per heavy atom. The van der Waals surface area contributed by atoms with Crippen LogP contribution in [0.5, 0.6) is 0 Å². The molecule has 2 saturated heterocycles. The van der Waals surface area contributed by atoms with Gasteiger partial charge in [0.1, 0.15) is 5.82 Å². The predicted octanol–water partition coefficient (Wildman–Crippen LogP) is 7.26. The second kappa shape index (κ2) is 9.57. The molecule has 2 aromatic carbocycles. The molecule has 196 valence electrons. The first-order chi connectivity index (χ1) is 18.8. The number of ether oxygens (including phenoxy) is 1. The number of fused-ring (bicyclic) bond motifs is 5. The highest BCUT2D eigenvalue weighted by molar-refractivity contribution is 5.67. The minimum absolute atomic E-state index is 0.437. The Balaban J connectivity index is 1.14. The number of rotatable bonds is 3. The first kappa shape index (κ1) is 23.3. The van der Waals surface area contributed by atoms with Crippen LogP contribution >= 0.6 is 0 Å². The van der Waals surface area contributed by atoms with Gasteiger partial charge in [-0.2, -0.15) is 0 Å². The Morgan fingerprint density at radius 3 is 2.05 bits per heavy atom. The fraction of sp³-hybridized carbons (Fsp3) is 0.529. The highest BCUT2D eigenvalue weighted by Gasteiger charge is 2.60. The lowest BCUT2D eigenvalue weighted by atomic mass is 9.69. The van der Waals surface area contributed by atoms with Crippen molar-refractivity contribution in [1.82, 2.24) is 14.9 Å². The maximum atomic E-state index is 6.86. The summed E-state index contributed by atoms with van der Waals surface area (Å²) in [6.07, 6.45) is 14.0. The second-order valence-corrected chi connectivity index (χ2v) is 12.6. The first-order valence-corrected chi connectivity index (χ1v) is 15.3. The summed E-state index contributed by atoms with van der Waals surface area (Å²) in [7, 11) is 0. The maximum absolute atomic E-state index is 6.86. The Kier molecular flexibility index (Phi) is 5.88. The number of aromatic nitrogens is 2.